The molecule has 1 fully saturated rings. The molecule has 0 saturated carbocycles. The van der Waals surface area contributed by atoms with Crippen LogP contribution in [0.15, 0.2) is 30.0 Å². The summed E-state index contributed by atoms with van der Waals surface area (Å²) in [5.41, 5.74) is 1.87. The Morgan fingerprint density at radius 3 is 2.69 bits per heavy atom. The number of halogens is 2. The molecular weight excluding hydrogens is 378 g/mol. The van der Waals surface area contributed by atoms with Gasteiger partial charge in [-0.1, -0.05) is 0 Å². The molecule has 1 aliphatic rings. The summed E-state index contributed by atoms with van der Waals surface area (Å²) >= 11 is 0. The Labute approximate surface area is 168 Å². The van der Waals surface area contributed by atoms with Gasteiger partial charge < -0.3 is 19.9 Å². The minimum atomic E-state index is -2.57. The number of nitriles is 1. The molecule has 1 aliphatic heterocycles. The van der Waals surface area contributed by atoms with Crippen molar-refractivity contribution in [2.45, 2.75) is 25.2 Å². The summed E-state index contributed by atoms with van der Waals surface area (Å²) in [4.78, 5) is 17.4. The molecule has 8 heteroatoms. The maximum absolute atomic E-state index is 12.7. The molecule has 0 bridgehead atoms. The average Bonchev–Trinajstić information content (AvgIpc) is 3.12. The minimum absolute atomic E-state index is 0.00862. The minimum Gasteiger partial charge on any atom is -0.487 e. The number of hydrogen-bond acceptors (Lipinski definition) is 5. The smallest absolute Gasteiger partial charge is 0.272 e. The third kappa shape index (κ3) is 4.93. The first-order valence-electron chi connectivity index (χ1n) is 9.50. The van der Waals surface area contributed by atoms with Crippen LogP contribution in [0.4, 0.5) is 8.78 Å². The average molecular weight is 402 g/mol. The van der Waals surface area contributed by atoms with Gasteiger partial charge >= 0.3 is 0 Å². The first-order chi connectivity index (χ1) is 13.9. The summed E-state index contributed by atoms with van der Waals surface area (Å²) in [6.07, 6.45) is 0.663. The lowest BCUT2D eigenvalue weighted by Crippen LogP contribution is -2.27. The van der Waals surface area contributed by atoms with Crippen molar-refractivity contribution in [3.63, 3.8) is 0 Å². The highest BCUT2D eigenvalue weighted by atomic mass is 19.3. The van der Waals surface area contributed by atoms with Crippen LogP contribution in [0.5, 0.6) is 5.75 Å². The number of aromatic nitrogens is 1. The number of carbonyl (C=O) groups is 1. The van der Waals surface area contributed by atoms with Crippen molar-refractivity contribution in [3.05, 3.63) is 41.2 Å². The summed E-state index contributed by atoms with van der Waals surface area (Å²) in [7, 11) is 3.46. The predicted molar refractivity (Wildman–Crippen MR) is 106 cm³/mol. The van der Waals surface area contributed by atoms with E-state index < -0.39 is 18.8 Å². The van der Waals surface area contributed by atoms with Gasteiger partial charge in [0.25, 0.3) is 6.43 Å². The molecular formula is C21H24F2N4O2. The molecule has 0 amide bonds. The lowest BCUT2D eigenvalue weighted by Gasteiger charge is -2.25. The van der Waals surface area contributed by atoms with Crippen molar-refractivity contribution in [1.82, 2.24) is 15.2 Å². The van der Waals surface area contributed by atoms with E-state index in [2.05, 4.69) is 10.3 Å². The molecule has 2 heterocycles. The quantitative estimate of drug-likeness (QED) is 0.421. The van der Waals surface area contributed by atoms with Gasteiger partial charge in [-0.05, 0) is 55.6 Å². The number of benzene rings is 1. The van der Waals surface area contributed by atoms with Gasteiger partial charge in [0.2, 0.25) is 5.78 Å². The zero-order chi connectivity index (χ0) is 21.0. The fraction of sp³-hybridized carbons (Fsp3) is 0.429. The molecule has 2 aromatic rings. The van der Waals surface area contributed by atoms with Crippen LogP contribution in [0.1, 0.15) is 34.8 Å². The Bertz CT molecular complexity index is 953. The highest BCUT2D eigenvalue weighted by Crippen LogP contribution is 2.36. The second kappa shape index (κ2) is 9.05. The second-order valence-electron chi connectivity index (χ2n) is 7.33. The molecule has 3 rings (SSSR count). The van der Waals surface area contributed by atoms with Crippen LogP contribution in [-0.4, -0.2) is 55.9 Å². The molecule has 6 nitrogen and oxygen atoms in total. The van der Waals surface area contributed by atoms with Gasteiger partial charge in [0.15, 0.2) is 0 Å². The fourth-order valence-electron chi connectivity index (χ4n) is 3.57. The molecule has 1 aromatic carbocycles. The van der Waals surface area contributed by atoms with Crippen LogP contribution in [0.2, 0.25) is 0 Å². The number of rotatable bonds is 7. The lowest BCUT2D eigenvalue weighted by atomic mass is 9.89. The molecule has 0 spiro atoms. The number of alkyl halides is 2. The number of aromatic amines is 1. The topological polar surface area (TPSA) is 81.2 Å². The van der Waals surface area contributed by atoms with Crippen molar-refractivity contribution < 1.29 is 18.3 Å². The number of hydrogen-bond donors (Lipinski definition) is 2. The summed E-state index contributed by atoms with van der Waals surface area (Å²) < 4.78 is 30.9. The zero-order valence-corrected chi connectivity index (χ0v) is 16.5. The van der Waals surface area contributed by atoms with E-state index >= 15 is 0 Å². The van der Waals surface area contributed by atoms with Gasteiger partial charge in [-0.15, -0.1) is 0 Å². The predicted octanol–water partition coefficient (Wildman–Crippen LogP) is 3.43. The Morgan fingerprint density at radius 1 is 1.34 bits per heavy atom. The number of piperidine rings is 1. The largest absolute Gasteiger partial charge is 0.487 e. The summed E-state index contributed by atoms with van der Waals surface area (Å²) in [6, 6.07) is 7.12. The Balaban J connectivity index is 2.01. The van der Waals surface area contributed by atoms with Crippen LogP contribution < -0.4 is 10.1 Å². The van der Waals surface area contributed by atoms with Gasteiger partial charge in [-0.3, -0.25) is 4.79 Å². The first kappa shape index (κ1) is 20.8. The van der Waals surface area contributed by atoms with Crippen molar-refractivity contribution in [2.24, 2.45) is 0 Å². The van der Waals surface area contributed by atoms with E-state index in [0.29, 0.717) is 16.7 Å². The number of Topliss-reactive ketones (excluding diaryl/α,β-unsaturated/α-hetero) is 1. The Kier molecular flexibility index (Phi) is 6.49. The SMILES string of the molecule is CN(C)/C=C(\C#N)C(=O)c1cc2cc(OCC(F)F)c(C3CCNCC3)cc2[nH]1. The van der Waals surface area contributed by atoms with E-state index in [1.165, 1.54) is 6.20 Å². The van der Waals surface area contributed by atoms with Crippen molar-refractivity contribution >= 4 is 16.7 Å². The number of allylic oxidation sites excluding steroid dienone is 1. The summed E-state index contributed by atoms with van der Waals surface area (Å²) in [5.74, 6) is 0.196. The third-order valence-electron chi connectivity index (χ3n) is 4.89. The van der Waals surface area contributed by atoms with Gasteiger partial charge in [0.05, 0.1) is 5.69 Å². The molecule has 1 aromatic heterocycles. The number of H-pyrrole nitrogens is 1. The van der Waals surface area contributed by atoms with Gasteiger partial charge in [0, 0.05) is 31.2 Å². The molecule has 0 aliphatic carbocycles. The Morgan fingerprint density at radius 2 is 2.07 bits per heavy atom. The number of ether oxygens (including phenoxy) is 1. The lowest BCUT2D eigenvalue weighted by molar-refractivity contribution is 0.0812. The van der Waals surface area contributed by atoms with Crippen LogP contribution in [0, 0.1) is 11.3 Å². The van der Waals surface area contributed by atoms with E-state index in [0.717, 1.165) is 31.5 Å². The first-order valence-corrected chi connectivity index (χ1v) is 9.50. The summed E-state index contributed by atoms with van der Waals surface area (Å²) in [6.45, 7) is 1.03. The van der Waals surface area contributed by atoms with Crippen LogP contribution >= 0.6 is 0 Å². The van der Waals surface area contributed by atoms with Crippen LogP contribution in [0.25, 0.3) is 10.9 Å². The second-order valence-corrected chi connectivity index (χ2v) is 7.33. The Hall–Kier alpha value is -2.92. The highest BCUT2D eigenvalue weighted by molar-refractivity contribution is 6.12. The third-order valence-corrected chi connectivity index (χ3v) is 4.89. The van der Waals surface area contributed by atoms with E-state index in [4.69, 9.17) is 4.74 Å². The standard InChI is InChI=1S/C21H24F2N4O2/c1-27(2)11-15(10-24)21(28)18-7-14-8-19(29-12-20(22)23)16(9-17(14)26-18)13-3-5-25-6-4-13/h7-9,11,13,20,25-26H,3-6,12H2,1-2H3/b15-11+. The van der Waals surface area contributed by atoms with Gasteiger partial charge in [-0.25, -0.2) is 8.78 Å². The van der Waals surface area contributed by atoms with Crippen molar-refractivity contribution in [3.8, 4) is 11.8 Å². The van der Waals surface area contributed by atoms with E-state index in [1.807, 2.05) is 12.1 Å². The van der Waals surface area contributed by atoms with E-state index in [1.54, 1.807) is 31.1 Å². The summed E-state index contributed by atoms with van der Waals surface area (Å²) in [5, 5.41) is 13.3. The van der Waals surface area contributed by atoms with E-state index in [9.17, 15) is 18.8 Å². The molecule has 0 unspecified atom stereocenters. The number of fused-ring (bicyclic) bond motifs is 1. The number of nitrogens with one attached hydrogen (secondary N) is 2. The maximum atomic E-state index is 12.7. The van der Waals surface area contributed by atoms with Crippen molar-refractivity contribution in [1.29, 1.82) is 5.26 Å². The molecule has 154 valence electrons. The molecule has 0 radical (unpaired) electrons. The molecule has 29 heavy (non-hydrogen) atoms. The zero-order valence-electron chi connectivity index (χ0n) is 16.5. The fourth-order valence-corrected chi connectivity index (χ4v) is 3.57. The normalized spacial score (nSPS) is 15.5. The molecule has 0 atom stereocenters. The maximum Gasteiger partial charge on any atom is 0.272 e. The van der Waals surface area contributed by atoms with Crippen LogP contribution in [-0.2, 0) is 0 Å². The molecule has 1 saturated heterocycles. The molecule has 2 N–H and O–H groups in total. The van der Waals surface area contributed by atoms with Gasteiger partial charge in [0.1, 0.15) is 24.0 Å². The highest BCUT2D eigenvalue weighted by Gasteiger charge is 2.22. The van der Waals surface area contributed by atoms with E-state index in [-0.39, 0.29) is 17.2 Å². The number of nitrogens with zero attached hydrogens (tertiary/aromatic N) is 2. The van der Waals surface area contributed by atoms with Gasteiger partial charge in [-0.2, -0.15) is 5.26 Å². The monoisotopic (exact) mass is 402 g/mol. The van der Waals surface area contributed by atoms with Crippen LogP contribution in [0.3, 0.4) is 0 Å². The van der Waals surface area contributed by atoms with Crippen molar-refractivity contribution in [2.75, 3.05) is 33.8 Å². The number of carbonyl (C=O) groups excluding carboxylic acids is 1. The number of ketones is 1.